The van der Waals surface area contributed by atoms with Gasteiger partial charge in [0.05, 0.1) is 11.5 Å². The van der Waals surface area contributed by atoms with Crippen LogP contribution in [0.2, 0.25) is 0 Å². The predicted octanol–water partition coefficient (Wildman–Crippen LogP) is 3.20. The van der Waals surface area contributed by atoms with Crippen LogP contribution in [0, 0.1) is 0 Å². The fraction of sp³-hybridized carbons (Fsp3) is 0.150. The number of nitrogens with one attached hydrogen (secondary N) is 2. The molecule has 0 atom stereocenters. The molecule has 0 unspecified atom stereocenters. The normalized spacial score (nSPS) is 11.3. The molecule has 0 bridgehead atoms. The zero-order valence-corrected chi connectivity index (χ0v) is 15.8. The van der Waals surface area contributed by atoms with Crippen LogP contribution in [0.3, 0.4) is 0 Å². The Morgan fingerprint density at radius 1 is 1.11 bits per heavy atom. The van der Waals surface area contributed by atoms with E-state index < -0.39 is 10.0 Å². The van der Waals surface area contributed by atoms with Crippen molar-refractivity contribution in [3.63, 3.8) is 0 Å². The molecule has 6 nitrogen and oxygen atoms in total. The van der Waals surface area contributed by atoms with Crippen molar-refractivity contribution >= 4 is 27.7 Å². The van der Waals surface area contributed by atoms with Crippen molar-refractivity contribution in [1.82, 2.24) is 4.72 Å². The number of carbonyl (C=O) groups excluding carboxylic acids is 1. The molecule has 0 saturated heterocycles. The van der Waals surface area contributed by atoms with Gasteiger partial charge in [-0.15, -0.1) is 6.58 Å². The summed E-state index contributed by atoms with van der Waals surface area (Å²) in [5.41, 5.74) is 1.36. The van der Waals surface area contributed by atoms with Gasteiger partial charge in [0.1, 0.15) is 5.75 Å². The van der Waals surface area contributed by atoms with Gasteiger partial charge in [0.25, 0.3) is 0 Å². The summed E-state index contributed by atoms with van der Waals surface area (Å²) in [4.78, 5) is 12.1. The molecule has 0 spiro atoms. The zero-order valence-electron chi connectivity index (χ0n) is 15.0. The zero-order chi connectivity index (χ0) is 19.7. The number of sulfonamides is 1. The summed E-state index contributed by atoms with van der Waals surface area (Å²) in [5.74, 6) is 0.459. The summed E-state index contributed by atoms with van der Waals surface area (Å²) in [7, 11) is -3.58. The molecule has 142 valence electrons. The highest BCUT2D eigenvalue weighted by atomic mass is 32.2. The van der Waals surface area contributed by atoms with E-state index in [1.807, 2.05) is 31.2 Å². The molecular formula is C20H22N2O4S. The molecule has 27 heavy (non-hydrogen) atoms. The third-order valence-electron chi connectivity index (χ3n) is 3.47. The Kier molecular flexibility index (Phi) is 7.34. The third-order valence-corrected chi connectivity index (χ3v) is 4.91. The van der Waals surface area contributed by atoms with E-state index in [1.54, 1.807) is 6.08 Å². The van der Waals surface area contributed by atoms with Crippen LogP contribution in [0.1, 0.15) is 12.5 Å². The lowest BCUT2D eigenvalue weighted by Gasteiger charge is -2.06. The summed E-state index contributed by atoms with van der Waals surface area (Å²) >= 11 is 0. The van der Waals surface area contributed by atoms with Gasteiger partial charge in [-0.2, -0.15) is 0 Å². The van der Waals surface area contributed by atoms with Crippen molar-refractivity contribution in [1.29, 1.82) is 0 Å². The van der Waals surface area contributed by atoms with Gasteiger partial charge in [0.2, 0.25) is 15.9 Å². The van der Waals surface area contributed by atoms with Gasteiger partial charge < -0.3 is 10.1 Å². The number of benzene rings is 2. The Morgan fingerprint density at radius 2 is 1.78 bits per heavy atom. The van der Waals surface area contributed by atoms with Crippen molar-refractivity contribution in [2.24, 2.45) is 0 Å². The van der Waals surface area contributed by atoms with E-state index in [0.29, 0.717) is 12.3 Å². The first-order valence-corrected chi connectivity index (χ1v) is 9.85. The fourth-order valence-electron chi connectivity index (χ4n) is 2.17. The van der Waals surface area contributed by atoms with E-state index in [4.69, 9.17) is 4.74 Å². The van der Waals surface area contributed by atoms with Gasteiger partial charge in [-0.1, -0.05) is 18.2 Å². The Hall–Kier alpha value is -2.90. The van der Waals surface area contributed by atoms with Crippen LogP contribution in [0.5, 0.6) is 5.75 Å². The van der Waals surface area contributed by atoms with E-state index in [2.05, 4.69) is 16.6 Å². The fourth-order valence-corrected chi connectivity index (χ4v) is 3.17. The van der Waals surface area contributed by atoms with Crippen LogP contribution in [-0.2, 0) is 14.8 Å². The lowest BCUT2D eigenvalue weighted by Crippen LogP contribution is -2.23. The van der Waals surface area contributed by atoms with E-state index in [-0.39, 0.29) is 17.3 Å². The number of hydrogen-bond acceptors (Lipinski definition) is 4. The van der Waals surface area contributed by atoms with E-state index >= 15 is 0 Å². The smallest absolute Gasteiger partial charge is 0.248 e. The number of carbonyl (C=O) groups is 1. The van der Waals surface area contributed by atoms with Crippen molar-refractivity contribution in [2.75, 3.05) is 18.5 Å². The monoisotopic (exact) mass is 386 g/mol. The van der Waals surface area contributed by atoms with Crippen LogP contribution in [0.4, 0.5) is 5.69 Å². The first-order valence-electron chi connectivity index (χ1n) is 8.37. The summed E-state index contributed by atoms with van der Waals surface area (Å²) in [5, 5.41) is 2.68. The Bertz CT molecular complexity index is 902. The average Bonchev–Trinajstić information content (AvgIpc) is 2.66. The molecule has 0 saturated carbocycles. The number of rotatable bonds is 9. The van der Waals surface area contributed by atoms with Crippen LogP contribution in [0.25, 0.3) is 6.08 Å². The highest BCUT2D eigenvalue weighted by Gasteiger charge is 2.12. The molecule has 2 rings (SSSR count). The Labute approximate surface area is 159 Å². The standard InChI is InChI=1S/C20H22N2O4S/c1-3-15-21-27(24,25)19-12-8-17(9-13-19)22-20(23)14-7-16-5-10-18(11-6-16)26-4-2/h3,5-14,21H,1,4,15H2,2H3,(H,22,23)/b14-7+. The summed E-state index contributed by atoms with van der Waals surface area (Å²) in [6, 6.07) is 13.3. The number of anilines is 1. The first kappa shape index (κ1) is 20.4. The SMILES string of the molecule is C=CCNS(=O)(=O)c1ccc(NC(=O)/C=C/c2ccc(OCC)cc2)cc1. The van der Waals surface area contributed by atoms with Crippen LogP contribution < -0.4 is 14.8 Å². The third kappa shape index (κ3) is 6.40. The molecule has 0 fully saturated rings. The maximum Gasteiger partial charge on any atom is 0.248 e. The minimum atomic E-state index is -3.58. The second-order valence-corrected chi connectivity index (χ2v) is 7.26. The summed E-state index contributed by atoms with van der Waals surface area (Å²) < 4.78 is 31.7. The minimum Gasteiger partial charge on any atom is -0.494 e. The van der Waals surface area contributed by atoms with Crippen LogP contribution in [0.15, 0.2) is 72.2 Å². The first-order chi connectivity index (χ1) is 12.9. The Balaban J connectivity index is 1.96. The minimum absolute atomic E-state index is 0.118. The van der Waals surface area contributed by atoms with Gasteiger partial charge in [-0.05, 0) is 55.0 Å². The molecular weight excluding hydrogens is 364 g/mol. The van der Waals surface area contributed by atoms with Gasteiger partial charge in [-0.25, -0.2) is 13.1 Å². The molecule has 7 heteroatoms. The highest BCUT2D eigenvalue weighted by molar-refractivity contribution is 7.89. The maximum absolute atomic E-state index is 12.0. The van der Waals surface area contributed by atoms with Crippen molar-refractivity contribution in [3.05, 3.63) is 72.8 Å². The number of ether oxygens (including phenoxy) is 1. The summed E-state index contributed by atoms with van der Waals surface area (Å²) in [6.07, 6.45) is 4.55. The molecule has 0 aliphatic carbocycles. The summed E-state index contributed by atoms with van der Waals surface area (Å²) in [6.45, 7) is 6.13. The topological polar surface area (TPSA) is 84.5 Å². The van der Waals surface area contributed by atoms with E-state index in [0.717, 1.165) is 11.3 Å². The number of hydrogen-bond donors (Lipinski definition) is 2. The average molecular weight is 386 g/mol. The van der Waals surface area contributed by atoms with Gasteiger partial charge in [-0.3, -0.25) is 4.79 Å². The van der Waals surface area contributed by atoms with Crippen LogP contribution >= 0.6 is 0 Å². The van der Waals surface area contributed by atoms with Gasteiger partial charge in [0, 0.05) is 18.3 Å². The molecule has 0 aromatic heterocycles. The molecule has 1 amide bonds. The van der Waals surface area contributed by atoms with Crippen LogP contribution in [-0.4, -0.2) is 27.5 Å². The lowest BCUT2D eigenvalue weighted by atomic mass is 10.2. The molecule has 0 heterocycles. The highest BCUT2D eigenvalue weighted by Crippen LogP contribution is 2.15. The largest absolute Gasteiger partial charge is 0.494 e. The molecule has 0 aliphatic rings. The molecule has 0 radical (unpaired) electrons. The van der Waals surface area contributed by atoms with E-state index in [1.165, 1.54) is 36.4 Å². The lowest BCUT2D eigenvalue weighted by molar-refractivity contribution is -0.111. The molecule has 2 N–H and O–H groups in total. The molecule has 0 aliphatic heterocycles. The second kappa shape index (κ2) is 9.70. The van der Waals surface area contributed by atoms with Gasteiger partial charge >= 0.3 is 0 Å². The number of amides is 1. The quantitative estimate of drug-likeness (QED) is 0.512. The van der Waals surface area contributed by atoms with Crippen molar-refractivity contribution in [2.45, 2.75) is 11.8 Å². The molecule has 2 aromatic rings. The Morgan fingerprint density at radius 3 is 2.37 bits per heavy atom. The second-order valence-electron chi connectivity index (χ2n) is 5.49. The van der Waals surface area contributed by atoms with E-state index in [9.17, 15) is 13.2 Å². The molecule has 2 aromatic carbocycles. The van der Waals surface area contributed by atoms with Crippen molar-refractivity contribution < 1.29 is 17.9 Å². The van der Waals surface area contributed by atoms with Gasteiger partial charge in [0.15, 0.2) is 0 Å². The van der Waals surface area contributed by atoms with Crippen molar-refractivity contribution in [3.8, 4) is 5.75 Å². The predicted molar refractivity (Wildman–Crippen MR) is 107 cm³/mol. The maximum atomic E-state index is 12.0.